The van der Waals surface area contributed by atoms with E-state index in [0.717, 1.165) is 0 Å². The van der Waals surface area contributed by atoms with Gasteiger partial charge in [0, 0.05) is 5.69 Å². The van der Waals surface area contributed by atoms with E-state index in [9.17, 15) is 14.4 Å². The number of thiophene rings is 2. The van der Waals surface area contributed by atoms with Gasteiger partial charge < -0.3 is 10.1 Å². The highest BCUT2D eigenvalue weighted by molar-refractivity contribution is 7.12. The van der Waals surface area contributed by atoms with E-state index in [-0.39, 0.29) is 23.9 Å². The Hall–Kier alpha value is -2.77. The third kappa shape index (κ3) is 4.40. The summed E-state index contributed by atoms with van der Waals surface area (Å²) in [7, 11) is 0. The predicted molar refractivity (Wildman–Crippen MR) is 97.6 cm³/mol. The predicted octanol–water partition coefficient (Wildman–Crippen LogP) is 4.10. The summed E-state index contributed by atoms with van der Waals surface area (Å²) in [5, 5.41) is 6.32. The first kappa shape index (κ1) is 17.1. The highest BCUT2D eigenvalue weighted by Gasteiger charge is 2.14. The second-order valence-electron chi connectivity index (χ2n) is 4.99. The number of benzene rings is 1. The van der Waals surface area contributed by atoms with E-state index in [0.29, 0.717) is 15.4 Å². The molecule has 0 aliphatic rings. The molecule has 0 spiro atoms. The molecule has 0 atom stereocenters. The lowest BCUT2D eigenvalue weighted by Gasteiger charge is -2.07. The zero-order valence-electron chi connectivity index (χ0n) is 12.9. The van der Waals surface area contributed by atoms with Crippen molar-refractivity contribution in [3.63, 3.8) is 0 Å². The summed E-state index contributed by atoms with van der Waals surface area (Å²) in [5.74, 6) is -1.10. The lowest BCUT2D eigenvalue weighted by atomic mass is 10.2. The summed E-state index contributed by atoms with van der Waals surface area (Å²) < 4.78 is 5.05. The second kappa shape index (κ2) is 7.87. The number of hydrogen-bond donors (Lipinski definition) is 1. The average molecular weight is 371 g/mol. The minimum Gasteiger partial charge on any atom is -0.454 e. The van der Waals surface area contributed by atoms with Gasteiger partial charge in [-0.1, -0.05) is 18.2 Å². The van der Waals surface area contributed by atoms with Crippen molar-refractivity contribution in [2.75, 3.05) is 11.9 Å². The summed E-state index contributed by atoms with van der Waals surface area (Å²) >= 11 is 2.63. The van der Waals surface area contributed by atoms with Crippen molar-refractivity contribution in [3.05, 3.63) is 74.6 Å². The van der Waals surface area contributed by atoms with Gasteiger partial charge in [-0.2, -0.15) is 0 Å². The van der Waals surface area contributed by atoms with E-state index in [1.165, 1.54) is 28.7 Å². The van der Waals surface area contributed by atoms with Crippen LogP contribution in [0.15, 0.2) is 59.3 Å². The highest BCUT2D eigenvalue weighted by Crippen LogP contribution is 2.16. The molecule has 0 aliphatic carbocycles. The second-order valence-corrected chi connectivity index (χ2v) is 6.88. The summed E-state index contributed by atoms with van der Waals surface area (Å²) in [6, 6.07) is 13.4. The maximum atomic E-state index is 12.1. The Morgan fingerprint density at radius 1 is 0.920 bits per heavy atom. The Kier molecular flexibility index (Phi) is 5.37. The van der Waals surface area contributed by atoms with E-state index in [1.807, 2.05) is 5.38 Å². The largest absolute Gasteiger partial charge is 0.454 e. The molecule has 0 aliphatic heterocycles. The third-order valence-electron chi connectivity index (χ3n) is 3.23. The molecule has 2 heterocycles. The van der Waals surface area contributed by atoms with Gasteiger partial charge in [0.05, 0.1) is 15.3 Å². The Labute approximate surface area is 151 Å². The molecule has 0 bridgehead atoms. The van der Waals surface area contributed by atoms with E-state index in [2.05, 4.69) is 5.32 Å². The van der Waals surface area contributed by atoms with Gasteiger partial charge in [0.1, 0.15) is 0 Å². The van der Waals surface area contributed by atoms with Crippen LogP contribution in [0.2, 0.25) is 0 Å². The molecule has 0 fully saturated rings. The van der Waals surface area contributed by atoms with Gasteiger partial charge in [-0.25, -0.2) is 4.79 Å². The molecule has 2 aromatic heterocycles. The number of nitrogens with one attached hydrogen (secondary N) is 1. The van der Waals surface area contributed by atoms with Crippen molar-refractivity contribution in [1.82, 2.24) is 0 Å². The highest BCUT2D eigenvalue weighted by atomic mass is 32.1. The Morgan fingerprint density at radius 2 is 1.64 bits per heavy atom. The first-order chi connectivity index (χ1) is 12.1. The fraction of sp³-hybridized carbons (Fsp3) is 0.0556. The third-order valence-corrected chi connectivity index (χ3v) is 5.01. The van der Waals surface area contributed by atoms with Crippen LogP contribution in [0.25, 0.3) is 0 Å². The van der Waals surface area contributed by atoms with Crippen molar-refractivity contribution >= 4 is 46.0 Å². The summed E-state index contributed by atoms with van der Waals surface area (Å²) in [5.41, 5.74) is 0.750. The van der Waals surface area contributed by atoms with Gasteiger partial charge in [-0.15, -0.1) is 22.7 Å². The van der Waals surface area contributed by atoms with Crippen LogP contribution in [0.5, 0.6) is 0 Å². The number of carbonyl (C=O) groups excluding carboxylic acids is 3. The molecule has 0 unspecified atom stereocenters. The lowest BCUT2D eigenvalue weighted by Crippen LogP contribution is -2.14. The topological polar surface area (TPSA) is 72.5 Å². The van der Waals surface area contributed by atoms with E-state index in [4.69, 9.17) is 4.74 Å². The van der Waals surface area contributed by atoms with Crippen LogP contribution < -0.4 is 5.32 Å². The number of hydrogen-bond acceptors (Lipinski definition) is 6. The molecule has 3 rings (SSSR count). The summed E-state index contributed by atoms with van der Waals surface area (Å²) in [6.07, 6.45) is 0. The van der Waals surface area contributed by atoms with Gasteiger partial charge in [0.25, 0.3) is 5.91 Å². The maximum absolute atomic E-state index is 12.1. The van der Waals surface area contributed by atoms with Gasteiger partial charge in [-0.3, -0.25) is 9.59 Å². The normalized spacial score (nSPS) is 10.2. The number of rotatable bonds is 6. The van der Waals surface area contributed by atoms with Crippen LogP contribution >= 0.6 is 22.7 Å². The fourth-order valence-electron chi connectivity index (χ4n) is 2.05. The number of carbonyl (C=O) groups is 3. The zero-order valence-corrected chi connectivity index (χ0v) is 14.6. The van der Waals surface area contributed by atoms with Crippen molar-refractivity contribution in [2.45, 2.75) is 0 Å². The first-order valence-electron chi connectivity index (χ1n) is 7.32. The van der Waals surface area contributed by atoms with Gasteiger partial charge in [0.2, 0.25) is 5.78 Å². The Bertz CT molecular complexity index is 886. The zero-order chi connectivity index (χ0) is 17.6. The molecule has 1 aromatic carbocycles. The van der Waals surface area contributed by atoms with Crippen molar-refractivity contribution in [2.24, 2.45) is 0 Å². The minimum absolute atomic E-state index is 0.242. The molecule has 0 saturated carbocycles. The Morgan fingerprint density at radius 3 is 2.32 bits per heavy atom. The molecule has 126 valence electrons. The standard InChI is InChI=1S/C18H13NO4S2/c20-14(15-6-2-8-24-15)11-23-18(22)12-4-1-5-13(10-12)19-17(21)16-7-3-9-25-16/h1-10H,11H2,(H,19,21). The lowest BCUT2D eigenvalue weighted by molar-refractivity contribution is 0.0476. The van der Waals surface area contributed by atoms with E-state index < -0.39 is 5.97 Å². The molecule has 1 N–H and O–H groups in total. The van der Waals surface area contributed by atoms with E-state index in [1.54, 1.807) is 47.8 Å². The molecule has 7 heteroatoms. The van der Waals surface area contributed by atoms with Crippen LogP contribution in [-0.4, -0.2) is 24.3 Å². The van der Waals surface area contributed by atoms with Crippen molar-refractivity contribution in [3.8, 4) is 0 Å². The van der Waals surface area contributed by atoms with Gasteiger partial charge in [-0.05, 0) is 41.1 Å². The Balaban J connectivity index is 1.61. The minimum atomic E-state index is -0.614. The molecule has 0 saturated heterocycles. The molecular formula is C18H13NO4S2. The fourth-order valence-corrected chi connectivity index (χ4v) is 3.32. The van der Waals surface area contributed by atoms with Crippen LogP contribution in [0.3, 0.4) is 0 Å². The molecule has 5 nitrogen and oxygen atoms in total. The number of anilines is 1. The molecule has 25 heavy (non-hydrogen) atoms. The SMILES string of the molecule is O=C(OCC(=O)c1cccs1)c1cccc(NC(=O)c2cccs2)c1. The quantitative estimate of drug-likeness (QED) is 0.523. The van der Waals surface area contributed by atoms with Crippen LogP contribution in [0.4, 0.5) is 5.69 Å². The van der Waals surface area contributed by atoms with Crippen LogP contribution in [-0.2, 0) is 4.74 Å². The van der Waals surface area contributed by atoms with Crippen molar-refractivity contribution < 1.29 is 19.1 Å². The number of ether oxygens (including phenoxy) is 1. The number of esters is 1. The smallest absolute Gasteiger partial charge is 0.338 e. The molecule has 3 aromatic rings. The molecular weight excluding hydrogens is 358 g/mol. The van der Waals surface area contributed by atoms with Crippen molar-refractivity contribution in [1.29, 1.82) is 0 Å². The monoisotopic (exact) mass is 371 g/mol. The summed E-state index contributed by atoms with van der Waals surface area (Å²) in [4.78, 5) is 37.1. The first-order valence-corrected chi connectivity index (χ1v) is 9.08. The summed E-state index contributed by atoms with van der Waals surface area (Å²) in [6.45, 7) is -0.314. The van der Waals surface area contributed by atoms with E-state index >= 15 is 0 Å². The molecule has 0 radical (unpaired) electrons. The molecule has 1 amide bonds. The average Bonchev–Trinajstić information content (AvgIpc) is 3.33. The van der Waals surface area contributed by atoms with Crippen LogP contribution in [0, 0.1) is 0 Å². The number of amides is 1. The van der Waals surface area contributed by atoms with Crippen LogP contribution in [0.1, 0.15) is 29.7 Å². The maximum Gasteiger partial charge on any atom is 0.338 e. The number of ketones is 1. The van der Waals surface area contributed by atoms with Gasteiger partial charge >= 0.3 is 5.97 Å². The van der Waals surface area contributed by atoms with Gasteiger partial charge in [0.15, 0.2) is 6.61 Å². The number of Topliss-reactive ketones (excluding diaryl/α,β-unsaturated/α-hetero) is 1.